The molecule has 0 bridgehead atoms. The number of ether oxygens (including phenoxy) is 2. The van der Waals surface area contributed by atoms with Gasteiger partial charge in [-0.05, 0) is 66.1 Å². The van der Waals surface area contributed by atoms with E-state index in [1.54, 1.807) is 48.8 Å². The van der Waals surface area contributed by atoms with Gasteiger partial charge in [-0.2, -0.15) is 0 Å². The Morgan fingerprint density at radius 3 is 2.46 bits per heavy atom. The lowest BCUT2D eigenvalue weighted by atomic mass is 9.93. The number of ketones is 1. The molecule has 1 aliphatic heterocycles. The van der Waals surface area contributed by atoms with Crippen molar-refractivity contribution in [3.05, 3.63) is 106 Å². The van der Waals surface area contributed by atoms with Crippen LogP contribution in [0.5, 0.6) is 17.2 Å². The second-order valence-corrected chi connectivity index (χ2v) is 9.51. The Morgan fingerprint density at radius 2 is 1.73 bits per heavy atom. The lowest BCUT2D eigenvalue weighted by Gasteiger charge is -2.24. The molecule has 2 heterocycles. The van der Waals surface area contributed by atoms with E-state index in [0.717, 1.165) is 16.7 Å². The van der Waals surface area contributed by atoms with Gasteiger partial charge in [0.1, 0.15) is 17.2 Å². The van der Waals surface area contributed by atoms with Gasteiger partial charge in [-0.25, -0.2) is 0 Å². The lowest BCUT2D eigenvalue weighted by Crippen LogP contribution is -2.20. The first-order valence-corrected chi connectivity index (χ1v) is 12.3. The van der Waals surface area contributed by atoms with Crippen molar-refractivity contribution in [2.75, 3.05) is 6.61 Å². The van der Waals surface area contributed by atoms with Gasteiger partial charge in [0.2, 0.25) is 0 Å². The fourth-order valence-corrected chi connectivity index (χ4v) is 4.57. The predicted octanol–water partition coefficient (Wildman–Crippen LogP) is 7.22. The van der Waals surface area contributed by atoms with Crippen molar-refractivity contribution in [1.82, 2.24) is 4.98 Å². The van der Waals surface area contributed by atoms with Crippen LogP contribution in [0.1, 0.15) is 33.8 Å². The zero-order chi connectivity index (χ0) is 25.9. The number of hydrogen-bond acceptors (Lipinski definition) is 5. The highest BCUT2D eigenvalue weighted by Crippen LogP contribution is 2.41. The summed E-state index contributed by atoms with van der Waals surface area (Å²) in [7, 11) is 0. The number of nitrogens with zero attached hydrogens (tertiary/aromatic N) is 1. The second-order valence-electron chi connectivity index (χ2n) is 8.66. The molecule has 0 radical (unpaired) electrons. The van der Waals surface area contributed by atoms with E-state index in [0.29, 0.717) is 46.4 Å². The number of carboxylic acids is 1. The molecule has 1 unspecified atom stereocenters. The summed E-state index contributed by atoms with van der Waals surface area (Å²) in [5.41, 5.74) is 3.75. The molecule has 0 amide bonds. The molecule has 5 rings (SSSR count). The Hall–Kier alpha value is -3.87. The van der Waals surface area contributed by atoms with E-state index >= 15 is 0 Å². The number of fused-ring (bicyclic) bond motifs is 1. The summed E-state index contributed by atoms with van der Waals surface area (Å²) in [4.78, 5) is 28.7. The summed E-state index contributed by atoms with van der Waals surface area (Å²) in [6, 6.07) is 19.3. The first-order valence-electron chi connectivity index (χ1n) is 11.6. The second kappa shape index (κ2) is 10.6. The highest BCUT2D eigenvalue weighted by atomic mass is 35.5. The van der Waals surface area contributed by atoms with Crippen LogP contribution in [-0.4, -0.2) is 28.4 Å². The van der Waals surface area contributed by atoms with Gasteiger partial charge in [-0.1, -0.05) is 35.3 Å². The van der Waals surface area contributed by atoms with Gasteiger partial charge in [0, 0.05) is 46.6 Å². The Kier molecular flexibility index (Phi) is 7.12. The summed E-state index contributed by atoms with van der Waals surface area (Å²) >= 11 is 12.4. The molecule has 0 saturated heterocycles. The molecule has 1 N–H and O–H groups in total. The SMILES string of the molecule is O=C(Cc1cncc(-c2ccc(Cl)cc2)c1)c1ccc(Oc2cc3c(cc2Cl)C(C(=O)O)CCO3)cc1. The van der Waals surface area contributed by atoms with Crippen LogP contribution < -0.4 is 9.47 Å². The number of rotatable bonds is 7. The molecule has 1 atom stereocenters. The molecule has 0 saturated carbocycles. The van der Waals surface area contributed by atoms with Gasteiger partial charge in [0.05, 0.1) is 17.5 Å². The molecule has 0 spiro atoms. The minimum atomic E-state index is -0.915. The van der Waals surface area contributed by atoms with Crippen molar-refractivity contribution < 1.29 is 24.2 Å². The summed E-state index contributed by atoms with van der Waals surface area (Å²) in [6.45, 7) is 0.306. The molecular weight excluding hydrogens is 513 g/mol. The van der Waals surface area contributed by atoms with E-state index in [1.807, 2.05) is 30.3 Å². The van der Waals surface area contributed by atoms with Gasteiger partial charge < -0.3 is 14.6 Å². The zero-order valence-corrected chi connectivity index (χ0v) is 21.0. The van der Waals surface area contributed by atoms with Crippen LogP contribution in [0.15, 0.2) is 79.1 Å². The van der Waals surface area contributed by atoms with E-state index in [1.165, 1.54) is 0 Å². The number of halogens is 2. The normalized spacial score (nSPS) is 14.4. The van der Waals surface area contributed by atoms with E-state index in [2.05, 4.69) is 4.98 Å². The molecule has 4 aromatic rings. The Balaban J connectivity index is 1.28. The van der Waals surface area contributed by atoms with Gasteiger partial charge in [-0.15, -0.1) is 0 Å². The summed E-state index contributed by atoms with van der Waals surface area (Å²) < 4.78 is 11.5. The maximum atomic E-state index is 12.9. The van der Waals surface area contributed by atoms with Crippen LogP contribution >= 0.6 is 23.2 Å². The number of benzene rings is 3. The van der Waals surface area contributed by atoms with Crippen molar-refractivity contribution >= 4 is 35.0 Å². The van der Waals surface area contributed by atoms with Crippen LogP contribution in [0.4, 0.5) is 0 Å². The topological polar surface area (TPSA) is 85.7 Å². The third kappa shape index (κ3) is 5.61. The van der Waals surface area contributed by atoms with Gasteiger partial charge in [0.15, 0.2) is 5.78 Å². The molecule has 3 aromatic carbocycles. The van der Waals surface area contributed by atoms with Gasteiger partial charge >= 0.3 is 5.97 Å². The van der Waals surface area contributed by atoms with Crippen molar-refractivity contribution in [3.8, 4) is 28.4 Å². The molecule has 0 aliphatic carbocycles. The molecule has 1 aliphatic rings. The van der Waals surface area contributed by atoms with E-state index < -0.39 is 11.9 Å². The molecular formula is C29H21Cl2NO5. The molecule has 6 nitrogen and oxygen atoms in total. The minimum absolute atomic E-state index is 0.0541. The number of Topliss-reactive ketones (excluding diaryl/α,β-unsaturated/α-hetero) is 1. The fraction of sp³-hybridized carbons (Fsp3) is 0.138. The van der Waals surface area contributed by atoms with Crippen LogP contribution in [0.3, 0.4) is 0 Å². The number of pyridine rings is 1. The first kappa shape index (κ1) is 24.8. The lowest BCUT2D eigenvalue weighted by molar-refractivity contribution is -0.139. The largest absolute Gasteiger partial charge is 0.493 e. The minimum Gasteiger partial charge on any atom is -0.493 e. The van der Waals surface area contributed by atoms with E-state index in [9.17, 15) is 14.7 Å². The molecule has 1 aromatic heterocycles. The van der Waals surface area contributed by atoms with Crippen molar-refractivity contribution in [1.29, 1.82) is 0 Å². The van der Waals surface area contributed by atoms with Crippen molar-refractivity contribution in [2.45, 2.75) is 18.8 Å². The number of aromatic nitrogens is 1. The van der Waals surface area contributed by atoms with E-state index in [4.69, 9.17) is 32.7 Å². The van der Waals surface area contributed by atoms with Crippen molar-refractivity contribution in [2.24, 2.45) is 0 Å². The molecule has 8 heteroatoms. The monoisotopic (exact) mass is 533 g/mol. The first-order chi connectivity index (χ1) is 17.9. The average Bonchev–Trinajstić information content (AvgIpc) is 2.89. The van der Waals surface area contributed by atoms with Gasteiger partial charge in [0.25, 0.3) is 0 Å². The Morgan fingerprint density at radius 1 is 0.973 bits per heavy atom. The van der Waals surface area contributed by atoms with Crippen LogP contribution in [0.2, 0.25) is 10.0 Å². The maximum Gasteiger partial charge on any atom is 0.311 e. The summed E-state index contributed by atoms with van der Waals surface area (Å²) in [5.74, 6) is -0.364. The maximum absolute atomic E-state index is 12.9. The summed E-state index contributed by atoms with van der Waals surface area (Å²) in [5, 5.41) is 10.4. The molecule has 0 fully saturated rings. The van der Waals surface area contributed by atoms with Crippen LogP contribution in [0, 0.1) is 0 Å². The molecule has 186 valence electrons. The number of aliphatic carboxylic acids is 1. The standard InChI is InChI=1S/C29H21Cl2NO5/c30-21-5-1-18(2-6-21)20-11-17(15-32-16-20)12-26(33)19-3-7-22(8-4-19)37-28-14-27-24(13-25(28)31)23(29(34)35)9-10-36-27/h1-8,11,13-16,23H,9-10,12H2,(H,34,35). The van der Waals surface area contributed by atoms with Crippen molar-refractivity contribution in [3.63, 3.8) is 0 Å². The summed E-state index contributed by atoms with van der Waals surface area (Å²) in [6.07, 6.45) is 4.02. The number of hydrogen-bond donors (Lipinski definition) is 1. The van der Waals surface area contributed by atoms with Crippen LogP contribution in [0.25, 0.3) is 11.1 Å². The number of carbonyl (C=O) groups excluding carboxylic acids is 1. The zero-order valence-electron chi connectivity index (χ0n) is 19.5. The fourth-order valence-electron chi connectivity index (χ4n) is 4.23. The van der Waals surface area contributed by atoms with Crippen LogP contribution in [-0.2, 0) is 11.2 Å². The highest BCUT2D eigenvalue weighted by molar-refractivity contribution is 6.32. The highest BCUT2D eigenvalue weighted by Gasteiger charge is 2.29. The number of carboxylic acid groups (broad SMARTS) is 1. The number of carbonyl (C=O) groups is 2. The third-order valence-electron chi connectivity index (χ3n) is 6.14. The molecule has 37 heavy (non-hydrogen) atoms. The smallest absolute Gasteiger partial charge is 0.311 e. The quantitative estimate of drug-likeness (QED) is 0.252. The predicted molar refractivity (Wildman–Crippen MR) is 141 cm³/mol. The Bertz CT molecular complexity index is 1470. The Labute approximate surface area is 223 Å². The average molecular weight is 534 g/mol. The third-order valence-corrected chi connectivity index (χ3v) is 6.69. The van der Waals surface area contributed by atoms with Gasteiger partial charge in [-0.3, -0.25) is 14.6 Å². The van der Waals surface area contributed by atoms with E-state index in [-0.39, 0.29) is 17.2 Å².